The highest BCUT2D eigenvalue weighted by Gasteiger charge is 2.28. The van der Waals surface area contributed by atoms with E-state index in [0.29, 0.717) is 0 Å². The predicted molar refractivity (Wildman–Crippen MR) is 65.0 cm³/mol. The third-order valence-electron chi connectivity index (χ3n) is 3.16. The van der Waals surface area contributed by atoms with Crippen molar-refractivity contribution in [1.82, 2.24) is 15.8 Å². The van der Waals surface area contributed by atoms with Crippen molar-refractivity contribution in [2.24, 2.45) is 0 Å². The fourth-order valence-corrected chi connectivity index (χ4v) is 2.22. The van der Waals surface area contributed by atoms with Crippen LogP contribution in [0.25, 0.3) is 10.9 Å². The second-order valence-electron chi connectivity index (χ2n) is 4.20. The summed E-state index contributed by atoms with van der Waals surface area (Å²) >= 11 is 0. The summed E-state index contributed by atoms with van der Waals surface area (Å²) in [5.74, 6) is 0.164. The molecule has 2 atom stereocenters. The van der Waals surface area contributed by atoms with E-state index >= 15 is 0 Å². The van der Waals surface area contributed by atoms with Crippen molar-refractivity contribution in [3.05, 3.63) is 42.1 Å². The van der Waals surface area contributed by atoms with E-state index in [1.807, 2.05) is 30.5 Å². The van der Waals surface area contributed by atoms with Crippen LogP contribution in [0.4, 0.5) is 0 Å². The van der Waals surface area contributed by atoms with Gasteiger partial charge in [0.1, 0.15) is 6.04 Å². The standard InChI is InChI=1S/C13H12N4/c14-6-13-11(8-16-17-13)10-5-9-3-1-2-4-12(9)15-7-10/h1-5,7,11,13,16-17H,8H2. The quantitative estimate of drug-likeness (QED) is 0.767. The van der Waals surface area contributed by atoms with E-state index < -0.39 is 0 Å². The average molecular weight is 224 g/mol. The second-order valence-corrected chi connectivity index (χ2v) is 4.20. The van der Waals surface area contributed by atoms with Crippen molar-refractivity contribution in [2.45, 2.75) is 12.0 Å². The first-order valence-corrected chi connectivity index (χ1v) is 5.61. The Labute approximate surface area is 99.2 Å². The Morgan fingerprint density at radius 3 is 3.12 bits per heavy atom. The Hall–Kier alpha value is -1.96. The molecule has 3 rings (SSSR count). The van der Waals surface area contributed by atoms with E-state index in [-0.39, 0.29) is 12.0 Å². The number of para-hydroxylation sites is 1. The maximum Gasteiger partial charge on any atom is 0.116 e. The number of nitrogens with one attached hydrogen (secondary N) is 2. The van der Waals surface area contributed by atoms with Gasteiger partial charge in [0, 0.05) is 24.0 Å². The SMILES string of the molecule is N#CC1NNCC1c1cnc2ccccc2c1. The van der Waals surface area contributed by atoms with Crippen LogP contribution in [0.5, 0.6) is 0 Å². The zero-order valence-electron chi connectivity index (χ0n) is 9.22. The monoisotopic (exact) mass is 224 g/mol. The van der Waals surface area contributed by atoms with Crippen LogP contribution in [0.3, 0.4) is 0 Å². The molecule has 0 aliphatic carbocycles. The number of benzene rings is 1. The topological polar surface area (TPSA) is 60.7 Å². The summed E-state index contributed by atoms with van der Waals surface area (Å²) in [6.45, 7) is 0.762. The highest BCUT2D eigenvalue weighted by atomic mass is 15.4. The van der Waals surface area contributed by atoms with E-state index in [4.69, 9.17) is 5.26 Å². The molecule has 0 radical (unpaired) electrons. The Kier molecular flexibility index (Phi) is 2.48. The van der Waals surface area contributed by atoms with E-state index in [0.717, 1.165) is 23.0 Å². The minimum Gasteiger partial charge on any atom is -0.256 e. The van der Waals surface area contributed by atoms with Gasteiger partial charge >= 0.3 is 0 Å². The number of hydrazine groups is 1. The second kappa shape index (κ2) is 4.13. The molecule has 0 amide bonds. The van der Waals surface area contributed by atoms with Gasteiger partial charge in [-0.3, -0.25) is 10.4 Å². The molecule has 2 unspecified atom stereocenters. The van der Waals surface area contributed by atoms with Gasteiger partial charge in [0.05, 0.1) is 11.6 Å². The lowest BCUT2D eigenvalue weighted by molar-refractivity contribution is 0.624. The molecule has 2 heterocycles. The summed E-state index contributed by atoms with van der Waals surface area (Å²) < 4.78 is 0. The summed E-state index contributed by atoms with van der Waals surface area (Å²) in [4.78, 5) is 4.43. The van der Waals surface area contributed by atoms with Crippen molar-refractivity contribution in [2.75, 3.05) is 6.54 Å². The molecule has 17 heavy (non-hydrogen) atoms. The normalized spacial score (nSPS) is 23.7. The summed E-state index contributed by atoms with van der Waals surface area (Å²) in [6.07, 6.45) is 1.87. The predicted octanol–water partition coefficient (Wildman–Crippen LogP) is 1.32. The molecule has 84 valence electrons. The van der Waals surface area contributed by atoms with Crippen molar-refractivity contribution in [3.63, 3.8) is 0 Å². The molecule has 1 saturated heterocycles. The maximum absolute atomic E-state index is 9.04. The molecule has 1 aliphatic heterocycles. The average Bonchev–Trinajstić information content (AvgIpc) is 2.86. The number of hydrogen-bond donors (Lipinski definition) is 2. The molecule has 0 bridgehead atoms. The molecule has 4 nitrogen and oxygen atoms in total. The number of nitriles is 1. The lowest BCUT2D eigenvalue weighted by atomic mass is 9.94. The van der Waals surface area contributed by atoms with Gasteiger partial charge in [-0.25, -0.2) is 5.43 Å². The Morgan fingerprint density at radius 2 is 2.24 bits per heavy atom. The van der Waals surface area contributed by atoms with Gasteiger partial charge in [-0.05, 0) is 17.7 Å². The minimum absolute atomic E-state index is 0.164. The summed E-state index contributed by atoms with van der Waals surface area (Å²) in [5.41, 5.74) is 8.08. The van der Waals surface area contributed by atoms with Gasteiger partial charge in [-0.2, -0.15) is 5.26 Å². The lowest BCUT2D eigenvalue weighted by Crippen LogP contribution is -2.29. The number of aromatic nitrogens is 1. The van der Waals surface area contributed by atoms with Crippen LogP contribution in [-0.2, 0) is 0 Å². The molecule has 0 spiro atoms. The van der Waals surface area contributed by atoms with Crippen molar-refractivity contribution in [3.8, 4) is 6.07 Å². The molecule has 1 fully saturated rings. The van der Waals surface area contributed by atoms with Crippen molar-refractivity contribution >= 4 is 10.9 Å². The third-order valence-corrected chi connectivity index (χ3v) is 3.16. The molecule has 1 aromatic heterocycles. The largest absolute Gasteiger partial charge is 0.256 e. The highest BCUT2D eigenvalue weighted by molar-refractivity contribution is 5.78. The van der Waals surface area contributed by atoms with Gasteiger partial charge in [0.25, 0.3) is 0 Å². The molecular formula is C13H12N4. The first kappa shape index (κ1) is 10.2. The van der Waals surface area contributed by atoms with E-state index in [9.17, 15) is 0 Å². The Bertz CT molecular complexity index is 587. The van der Waals surface area contributed by atoms with E-state index in [1.54, 1.807) is 0 Å². The zero-order valence-corrected chi connectivity index (χ0v) is 9.22. The van der Waals surface area contributed by atoms with E-state index in [1.165, 1.54) is 0 Å². The van der Waals surface area contributed by atoms with Crippen LogP contribution >= 0.6 is 0 Å². The van der Waals surface area contributed by atoms with Gasteiger partial charge in [0.15, 0.2) is 0 Å². The van der Waals surface area contributed by atoms with Gasteiger partial charge < -0.3 is 0 Å². The molecule has 2 aromatic rings. The zero-order chi connectivity index (χ0) is 11.7. The summed E-state index contributed by atoms with van der Waals surface area (Å²) in [7, 11) is 0. The van der Waals surface area contributed by atoms with Gasteiger partial charge in [0.2, 0.25) is 0 Å². The number of fused-ring (bicyclic) bond motifs is 1. The molecular weight excluding hydrogens is 212 g/mol. The number of pyridine rings is 1. The summed E-state index contributed by atoms with van der Waals surface area (Å²) in [6, 6.07) is 12.2. The van der Waals surface area contributed by atoms with Gasteiger partial charge in [-0.15, -0.1) is 0 Å². The molecule has 0 saturated carbocycles. The highest BCUT2D eigenvalue weighted by Crippen LogP contribution is 2.24. The first-order valence-electron chi connectivity index (χ1n) is 5.61. The molecule has 1 aromatic carbocycles. The van der Waals surface area contributed by atoms with Crippen molar-refractivity contribution in [1.29, 1.82) is 5.26 Å². The lowest BCUT2D eigenvalue weighted by Gasteiger charge is -2.12. The van der Waals surface area contributed by atoms with Crippen molar-refractivity contribution < 1.29 is 0 Å². The third kappa shape index (κ3) is 1.76. The molecule has 4 heteroatoms. The van der Waals surface area contributed by atoms with Crippen LogP contribution in [0, 0.1) is 11.3 Å². The maximum atomic E-state index is 9.04. The van der Waals surface area contributed by atoms with Crippen LogP contribution in [0.2, 0.25) is 0 Å². The fourth-order valence-electron chi connectivity index (χ4n) is 2.22. The van der Waals surface area contributed by atoms with Crippen LogP contribution in [0.1, 0.15) is 11.5 Å². The van der Waals surface area contributed by atoms with Crippen LogP contribution in [-0.4, -0.2) is 17.6 Å². The Balaban J connectivity index is 2.03. The van der Waals surface area contributed by atoms with Gasteiger partial charge in [-0.1, -0.05) is 18.2 Å². The number of nitrogens with zero attached hydrogens (tertiary/aromatic N) is 2. The van der Waals surface area contributed by atoms with E-state index in [2.05, 4.69) is 28.0 Å². The number of rotatable bonds is 1. The first-order chi connectivity index (χ1) is 8.38. The molecule has 1 aliphatic rings. The van der Waals surface area contributed by atoms with Crippen LogP contribution < -0.4 is 10.9 Å². The minimum atomic E-state index is -0.182. The molecule has 2 N–H and O–H groups in total. The van der Waals surface area contributed by atoms with Crippen LogP contribution in [0.15, 0.2) is 36.5 Å². The Morgan fingerprint density at radius 1 is 1.35 bits per heavy atom. The smallest absolute Gasteiger partial charge is 0.116 e. The number of hydrogen-bond acceptors (Lipinski definition) is 4. The fraction of sp³-hybridized carbons (Fsp3) is 0.231. The summed E-state index contributed by atoms with van der Waals surface area (Å²) in [5, 5.41) is 10.2.